The summed E-state index contributed by atoms with van der Waals surface area (Å²) >= 11 is 7.72. The molecule has 1 aliphatic rings. The van der Waals surface area contributed by atoms with E-state index < -0.39 is 0 Å². The zero-order valence-corrected chi connectivity index (χ0v) is 13.8. The maximum Gasteiger partial charge on any atom is 0.126 e. The van der Waals surface area contributed by atoms with Gasteiger partial charge in [-0.05, 0) is 50.2 Å². The monoisotopic (exact) mass is 324 g/mol. The number of thiophene rings is 1. The van der Waals surface area contributed by atoms with E-state index in [1.807, 2.05) is 18.2 Å². The van der Waals surface area contributed by atoms with E-state index in [9.17, 15) is 0 Å². The molecule has 21 heavy (non-hydrogen) atoms. The largest absolute Gasteiger partial charge is 0.467 e. The molecule has 1 N–H and O–H groups in total. The highest BCUT2D eigenvalue weighted by Gasteiger charge is 2.25. The highest BCUT2D eigenvalue weighted by atomic mass is 35.5. The maximum atomic E-state index is 6.11. The molecule has 5 heteroatoms. The molecule has 3 rings (SSSR count). The van der Waals surface area contributed by atoms with Gasteiger partial charge in [-0.1, -0.05) is 18.5 Å². The minimum absolute atomic E-state index is 0.0966. The average molecular weight is 325 g/mol. The Balaban J connectivity index is 1.76. The zero-order valence-electron chi connectivity index (χ0n) is 12.2. The first-order valence-corrected chi connectivity index (χ1v) is 8.72. The molecule has 3 heterocycles. The Labute approximate surface area is 134 Å². The van der Waals surface area contributed by atoms with Crippen LogP contribution < -0.4 is 5.32 Å². The molecule has 0 bridgehead atoms. The Morgan fingerprint density at radius 2 is 2.38 bits per heavy atom. The predicted octanol–water partition coefficient (Wildman–Crippen LogP) is 4.16. The van der Waals surface area contributed by atoms with Crippen molar-refractivity contribution < 1.29 is 4.42 Å². The first kappa shape index (κ1) is 15.1. The Kier molecular flexibility index (Phi) is 5.01. The number of hydrogen-bond donors (Lipinski definition) is 1. The van der Waals surface area contributed by atoms with Crippen LogP contribution in [-0.2, 0) is 0 Å². The third-order valence-electron chi connectivity index (χ3n) is 4.06. The van der Waals surface area contributed by atoms with Crippen LogP contribution >= 0.6 is 22.9 Å². The van der Waals surface area contributed by atoms with Crippen LogP contribution in [0.2, 0.25) is 4.34 Å². The Morgan fingerprint density at radius 1 is 1.48 bits per heavy atom. The van der Waals surface area contributed by atoms with Crippen LogP contribution in [0.5, 0.6) is 0 Å². The fraction of sp³-hybridized carbons (Fsp3) is 0.500. The van der Waals surface area contributed by atoms with Crippen molar-refractivity contribution in [3.8, 4) is 0 Å². The molecule has 1 aliphatic heterocycles. The van der Waals surface area contributed by atoms with Gasteiger partial charge in [0, 0.05) is 17.5 Å². The van der Waals surface area contributed by atoms with Crippen LogP contribution in [0.25, 0.3) is 0 Å². The topological polar surface area (TPSA) is 28.4 Å². The first-order valence-electron chi connectivity index (χ1n) is 7.53. The lowest BCUT2D eigenvalue weighted by atomic mass is 10.0. The van der Waals surface area contributed by atoms with Crippen LogP contribution in [0.15, 0.2) is 34.9 Å². The van der Waals surface area contributed by atoms with E-state index in [-0.39, 0.29) is 6.04 Å². The molecule has 0 aliphatic carbocycles. The lowest BCUT2D eigenvalue weighted by Crippen LogP contribution is -2.46. The molecule has 114 valence electrons. The zero-order chi connectivity index (χ0) is 14.7. The normalized spacial score (nSPS) is 21.5. The molecule has 2 atom stereocenters. The fourth-order valence-electron chi connectivity index (χ4n) is 2.96. The Morgan fingerprint density at radius 3 is 3.05 bits per heavy atom. The van der Waals surface area contributed by atoms with Gasteiger partial charge in [-0.25, -0.2) is 0 Å². The second-order valence-corrected chi connectivity index (χ2v) is 7.24. The molecule has 0 spiro atoms. The minimum atomic E-state index is 0.0966. The molecule has 1 saturated heterocycles. The van der Waals surface area contributed by atoms with Gasteiger partial charge in [-0.2, -0.15) is 0 Å². The van der Waals surface area contributed by atoms with Crippen LogP contribution in [0.3, 0.4) is 0 Å². The first-order chi connectivity index (χ1) is 10.3. The third-order valence-corrected chi connectivity index (χ3v) is 5.36. The van der Waals surface area contributed by atoms with Crippen molar-refractivity contribution in [1.29, 1.82) is 0 Å². The molecular formula is C16H21ClN2OS. The Bertz CT molecular complexity index is 554. The SMILES string of the molecule is CCN1CCCC(NC(c2ccco2)c2ccc(Cl)s2)C1. The van der Waals surface area contributed by atoms with Gasteiger partial charge < -0.3 is 9.32 Å². The van der Waals surface area contributed by atoms with Crippen molar-refractivity contribution in [3.05, 3.63) is 45.5 Å². The predicted molar refractivity (Wildman–Crippen MR) is 88.2 cm³/mol. The van der Waals surface area contributed by atoms with Crippen LogP contribution in [-0.4, -0.2) is 30.6 Å². The second kappa shape index (κ2) is 6.97. The molecular weight excluding hydrogens is 304 g/mol. The summed E-state index contributed by atoms with van der Waals surface area (Å²) in [5.41, 5.74) is 0. The molecule has 2 aromatic heterocycles. The summed E-state index contributed by atoms with van der Waals surface area (Å²) in [6.45, 7) is 5.66. The van der Waals surface area contributed by atoms with Gasteiger partial charge in [0.25, 0.3) is 0 Å². The maximum absolute atomic E-state index is 6.11. The summed E-state index contributed by atoms with van der Waals surface area (Å²) in [6, 6.07) is 8.62. The van der Waals surface area contributed by atoms with E-state index in [1.165, 1.54) is 24.3 Å². The van der Waals surface area contributed by atoms with E-state index in [1.54, 1.807) is 17.6 Å². The molecule has 0 saturated carbocycles. The van der Waals surface area contributed by atoms with E-state index in [2.05, 4.69) is 23.2 Å². The molecule has 1 fully saturated rings. The number of nitrogens with one attached hydrogen (secondary N) is 1. The van der Waals surface area contributed by atoms with Crippen LogP contribution in [0, 0.1) is 0 Å². The van der Waals surface area contributed by atoms with Gasteiger partial charge in [0.15, 0.2) is 0 Å². The molecule has 2 aromatic rings. The standard InChI is InChI=1S/C16H21ClN2OS/c1-2-19-9-3-5-12(11-19)18-16(13-6-4-10-20-13)14-7-8-15(17)21-14/h4,6-8,10,12,16,18H,2-3,5,9,11H2,1H3. The number of likely N-dealkylation sites (N-methyl/N-ethyl adjacent to an activating group) is 1. The third kappa shape index (κ3) is 3.69. The molecule has 0 aromatic carbocycles. The highest BCUT2D eigenvalue weighted by Crippen LogP contribution is 2.32. The summed E-state index contributed by atoms with van der Waals surface area (Å²) in [4.78, 5) is 3.71. The van der Waals surface area contributed by atoms with Crippen molar-refractivity contribution in [2.75, 3.05) is 19.6 Å². The van der Waals surface area contributed by atoms with E-state index in [0.717, 1.165) is 23.2 Å². The summed E-state index contributed by atoms with van der Waals surface area (Å²) in [5.74, 6) is 0.960. The van der Waals surface area contributed by atoms with Gasteiger partial charge in [0.2, 0.25) is 0 Å². The number of furan rings is 1. The van der Waals surface area contributed by atoms with E-state index in [0.29, 0.717) is 6.04 Å². The van der Waals surface area contributed by atoms with Gasteiger partial charge in [-0.3, -0.25) is 5.32 Å². The van der Waals surface area contributed by atoms with Gasteiger partial charge in [0.1, 0.15) is 11.8 Å². The van der Waals surface area contributed by atoms with Gasteiger partial charge in [0.05, 0.1) is 10.6 Å². The molecule has 0 radical (unpaired) electrons. The highest BCUT2D eigenvalue weighted by molar-refractivity contribution is 7.16. The van der Waals surface area contributed by atoms with Crippen molar-refractivity contribution in [2.24, 2.45) is 0 Å². The Hall–Kier alpha value is -0.810. The quantitative estimate of drug-likeness (QED) is 0.895. The minimum Gasteiger partial charge on any atom is -0.467 e. The average Bonchev–Trinajstić information content (AvgIpc) is 3.16. The van der Waals surface area contributed by atoms with Crippen molar-refractivity contribution in [2.45, 2.75) is 31.8 Å². The number of hydrogen-bond acceptors (Lipinski definition) is 4. The van der Waals surface area contributed by atoms with Crippen LogP contribution in [0.1, 0.15) is 36.4 Å². The summed E-state index contributed by atoms with van der Waals surface area (Å²) in [6.07, 6.45) is 4.20. The van der Waals surface area contributed by atoms with Crippen molar-refractivity contribution >= 4 is 22.9 Å². The van der Waals surface area contributed by atoms with E-state index in [4.69, 9.17) is 16.0 Å². The summed E-state index contributed by atoms with van der Waals surface area (Å²) in [7, 11) is 0. The van der Waals surface area contributed by atoms with E-state index >= 15 is 0 Å². The second-order valence-electron chi connectivity index (χ2n) is 5.49. The number of piperidine rings is 1. The van der Waals surface area contributed by atoms with Crippen LogP contribution in [0.4, 0.5) is 0 Å². The summed E-state index contributed by atoms with van der Waals surface area (Å²) in [5, 5.41) is 3.77. The van der Waals surface area contributed by atoms with Crippen molar-refractivity contribution in [3.63, 3.8) is 0 Å². The lowest BCUT2D eigenvalue weighted by molar-refractivity contribution is 0.191. The van der Waals surface area contributed by atoms with Gasteiger partial charge in [-0.15, -0.1) is 11.3 Å². The molecule has 2 unspecified atom stereocenters. The number of halogens is 1. The molecule has 3 nitrogen and oxygen atoms in total. The molecule has 0 amide bonds. The summed E-state index contributed by atoms with van der Waals surface area (Å²) < 4.78 is 6.46. The van der Waals surface area contributed by atoms with Gasteiger partial charge >= 0.3 is 0 Å². The number of rotatable bonds is 5. The smallest absolute Gasteiger partial charge is 0.126 e. The fourth-order valence-corrected chi connectivity index (χ4v) is 4.09. The number of likely N-dealkylation sites (tertiary alicyclic amines) is 1. The lowest BCUT2D eigenvalue weighted by Gasteiger charge is -2.34. The number of nitrogens with zero attached hydrogens (tertiary/aromatic N) is 1. The van der Waals surface area contributed by atoms with Crippen molar-refractivity contribution in [1.82, 2.24) is 10.2 Å².